The van der Waals surface area contributed by atoms with Crippen molar-refractivity contribution in [3.8, 4) is 0 Å². The first-order valence-corrected chi connectivity index (χ1v) is 11.2. The first-order valence-electron chi connectivity index (χ1n) is 11.2. The van der Waals surface area contributed by atoms with E-state index < -0.39 is 41.7 Å². The Bertz CT molecular complexity index is 770. The number of rotatable bonds is 10. The third-order valence-corrected chi connectivity index (χ3v) is 5.46. The van der Waals surface area contributed by atoms with Crippen LogP contribution >= 0.6 is 0 Å². The van der Waals surface area contributed by atoms with Crippen molar-refractivity contribution < 1.29 is 24.1 Å². The first kappa shape index (κ1) is 26.3. The number of ether oxygens (including phenoxy) is 3. The van der Waals surface area contributed by atoms with E-state index in [4.69, 9.17) is 14.2 Å². The van der Waals surface area contributed by atoms with Crippen LogP contribution in [0.1, 0.15) is 59.6 Å². The molecule has 1 aromatic carbocycles. The van der Waals surface area contributed by atoms with Crippen LogP contribution in [0, 0.1) is 0 Å². The third kappa shape index (κ3) is 6.75. The number of esters is 1. The predicted molar refractivity (Wildman–Crippen MR) is 126 cm³/mol. The molecule has 1 aliphatic heterocycles. The number of carbonyl (C=O) groups excluding carboxylic acids is 1. The quantitative estimate of drug-likeness (QED) is 0.425. The molecule has 1 fully saturated rings. The highest BCUT2D eigenvalue weighted by molar-refractivity contribution is 5.76. The van der Waals surface area contributed by atoms with Crippen molar-refractivity contribution in [2.24, 2.45) is 0 Å². The van der Waals surface area contributed by atoms with Gasteiger partial charge in [-0.05, 0) is 53.5 Å². The molecule has 1 N–H and O–H groups in total. The van der Waals surface area contributed by atoms with Crippen molar-refractivity contribution in [3.63, 3.8) is 0 Å². The first-order chi connectivity index (χ1) is 14.9. The number of nitrogens with zero attached hydrogens (tertiary/aromatic N) is 1. The van der Waals surface area contributed by atoms with Crippen LogP contribution in [0.3, 0.4) is 0 Å². The molecule has 0 bridgehead atoms. The largest absolute Gasteiger partial charge is 0.458 e. The van der Waals surface area contributed by atoms with E-state index in [9.17, 15) is 9.90 Å². The lowest BCUT2D eigenvalue weighted by Gasteiger charge is -2.42. The van der Waals surface area contributed by atoms with E-state index in [1.807, 2.05) is 50.3 Å². The standard InChI is InChI=1S/C26H39NO5/c1-9-11-17-27(18(3)19-15-13-12-14-16-19)21(22(28)24(29)32-25(4,5)6)23-20(10-2)30-26(7,8)31-23/h9-10,12-16,18,20-23,28H,1-2,11,17H2,3-8H3/t18-,20-,21+,22-,23-/m1/s1. The number of benzene rings is 1. The third-order valence-electron chi connectivity index (χ3n) is 5.46. The SMILES string of the molecule is C=CCCN([C@H]([C@@H]1OC(C)(C)O[C@@H]1C=C)[C@@H](O)C(=O)OC(C)(C)C)[C@H](C)c1ccccc1. The summed E-state index contributed by atoms with van der Waals surface area (Å²) in [6, 6.07) is 9.12. The normalized spacial score (nSPS) is 23.4. The molecule has 5 atom stereocenters. The van der Waals surface area contributed by atoms with Crippen molar-refractivity contribution >= 4 is 5.97 Å². The number of hydrogen-bond donors (Lipinski definition) is 1. The lowest BCUT2D eigenvalue weighted by molar-refractivity contribution is -0.180. The molecule has 1 aromatic rings. The van der Waals surface area contributed by atoms with Gasteiger partial charge < -0.3 is 19.3 Å². The molecule has 32 heavy (non-hydrogen) atoms. The van der Waals surface area contributed by atoms with Crippen LogP contribution in [0.5, 0.6) is 0 Å². The summed E-state index contributed by atoms with van der Waals surface area (Å²) < 4.78 is 17.8. The molecule has 1 heterocycles. The second-order valence-corrected chi connectivity index (χ2v) is 9.67. The predicted octanol–water partition coefficient (Wildman–Crippen LogP) is 4.40. The van der Waals surface area contributed by atoms with Gasteiger partial charge in [-0.2, -0.15) is 0 Å². The van der Waals surface area contributed by atoms with E-state index in [1.165, 1.54) is 0 Å². The van der Waals surface area contributed by atoms with Gasteiger partial charge in [-0.15, -0.1) is 13.2 Å². The van der Waals surface area contributed by atoms with Crippen molar-refractivity contribution in [3.05, 3.63) is 61.2 Å². The number of hydrogen-bond acceptors (Lipinski definition) is 6. The van der Waals surface area contributed by atoms with E-state index in [0.29, 0.717) is 13.0 Å². The fraction of sp³-hybridized carbons (Fsp3) is 0.577. The molecule has 0 saturated carbocycles. The zero-order valence-electron chi connectivity index (χ0n) is 20.3. The Kier molecular flexibility index (Phi) is 8.82. The molecule has 0 amide bonds. The Morgan fingerprint density at radius 3 is 2.41 bits per heavy atom. The highest BCUT2D eigenvalue weighted by atomic mass is 16.8. The van der Waals surface area contributed by atoms with Gasteiger partial charge in [-0.25, -0.2) is 4.79 Å². The minimum absolute atomic E-state index is 0.115. The summed E-state index contributed by atoms with van der Waals surface area (Å²) in [6.07, 6.45) is 1.58. The van der Waals surface area contributed by atoms with Crippen molar-refractivity contribution in [1.82, 2.24) is 4.90 Å². The van der Waals surface area contributed by atoms with Gasteiger partial charge in [0.2, 0.25) is 0 Å². The summed E-state index contributed by atoms with van der Waals surface area (Å²) >= 11 is 0. The second-order valence-electron chi connectivity index (χ2n) is 9.67. The number of carbonyl (C=O) groups is 1. The van der Waals surface area contributed by atoms with Gasteiger partial charge in [0.15, 0.2) is 11.9 Å². The average Bonchev–Trinajstić information content (AvgIpc) is 3.03. The maximum absolute atomic E-state index is 13.0. The van der Waals surface area contributed by atoms with Gasteiger partial charge in [0.05, 0.1) is 6.04 Å². The Balaban J connectivity index is 2.52. The molecule has 0 spiro atoms. The number of aliphatic hydroxyl groups is 1. The lowest BCUT2D eigenvalue weighted by atomic mass is 9.94. The van der Waals surface area contributed by atoms with E-state index in [0.717, 1.165) is 5.56 Å². The van der Waals surface area contributed by atoms with Crippen LogP contribution in [-0.4, -0.2) is 58.3 Å². The van der Waals surface area contributed by atoms with E-state index in [2.05, 4.69) is 25.0 Å². The molecule has 0 aliphatic carbocycles. The van der Waals surface area contributed by atoms with Crippen molar-refractivity contribution in [1.29, 1.82) is 0 Å². The number of aliphatic hydroxyl groups excluding tert-OH is 1. The Morgan fingerprint density at radius 1 is 1.25 bits per heavy atom. The Labute approximate surface area is 192 Å². The monoisotopic (exact) mass is 445 g/mol. The summed E-state index contributed by atoms with van der Waals surface area (Å²) in [5, 5.41) is 11.3. The Morgan fingerprint density at radius 2 is 1.88 bits per heavy atom. The molecule has 1 aliphatic rings. The highest BCUT2D eigenvalue weighted by Gasteiger charge is 2.51. The van der Waals surface area contributed by atoms with Crippen LogP contribution in [0.4, 0.5) is 0 Å². The zero-order chi connectivity index (χ0) is 24.1. The van der Waals surface area contributed by atoms with Gasteiger partial charge >= 0.3 is 5.97 Å². The van der Waals surface area contributed by atoms with Crippen LogP contribution in [0.15, 0.2) is 55.6 Å². The van der Waals surface area contributed by atoms with Crippen LogP contribution in [-0.2, 0) is 19.0 Å². The maximum atomic E-state index is 13.0. The van der Waals surface area contributed by atoms with Gasteiger partial charge in [-0.1, -0.05) is 42.5 Å². The van der Waals surface area contributed by atoms with Gasteiger partial charge in [0.1, 0.15) is 17.8 Å². The van der Waals surface area contributed by atoms with Gasteiger partial charge in [0, 0.05) is 12.6 Å². The van der Waals surface area contributed by atoms with E-state index in [1.54, 1.807) is 26.8 Å². The lowest BCUT2D eigenvalue weighted by Crippen LogP contribution is -2.58. The van der Waals surface area contributed by atoms with Crippen LogP contribution in [0.25, 0.3) is 0 Å². The zero-order valence-corrected chi connectivity index (χ0v) is 20.3. The second kappa shape index (κ2) is 10.8. The molecule has 6 heteroatoms. The molecule has 1 saturated heterocycles. The molecular weight excluding hydrogens is 406 g/mol. The summed E-state index contributed by atoms with van der Waals surface area (Å²) in [4.78, 5) is 15.1. The summed E-state index contributed by atoms with van der Waals surface area (Å²) in [6.45, 7) is 19.3. The van der Waals surface area contributed by atoms with E-state index >= 15 is 0 Å². The molecule has 6 nitrogen and oxygen atoms in total. The average molecular weight is 446 g/mol. The molecule has 2 rings (SSSR count). The molecular formula is C26H39NO5. The van der Waals surface area contributed by atoms with Crippen LogP contribution < -0.4 is 0 Å². The molecule has 0 aromatic heterocycles. The Hall–Kier alpha value is -1.99. The summed E-state index contributed by atoms with van der Waals surface area (Å²) in [5.74, 6) is -1.57. The molecule has 178 valence electrons. The van der Waals surface area contributed by atoms with Crippen molar-refractivity contribution in [2.75, 3.05) is 6.54 Å². The summed E-state index contributed by atoms with van der Waals surface area (Å²) in [7, 11) is 0. The molecule has 0 radical (unpaired) electrons. The minimum Gasteiger partial charge on any atom is -0.458 e. The topological polar surface area (TPSA) is 68.2 Å². The smallest absolute Gasteiger partial charge is 0.337 e. The summed E-state index contributed by atoms with van der Waals surface area (Å²) in [5.41, 5.74) is 0.329. The molecule has 0 unspecified atom stereocenters. The van der Waals surface area contributed by atoms with Gasteiger partial charge in [-0.3, -0.25) is 4.90 Å². The van der Waals surface area contributed by atoms with Crippen molar-refractivity contribution in [2.45, 2.75) is 89.7 Å². The van der Waals surface area contributed by atoms with Crippen LogP contribution in [0.2, 0.25) is 0 Å². The fourth-order valence-corrected chi connectivity index (χ4v) is 4.08. The minimum atomic E-state index is -1.45. The fourth-order valence-electron chi connectivity index (χ4n) is 4.08. The van der Waals surface area contributed by atoms with Gasteiger partial charge in [0.25, 0.3) is 0 Å². The van der Waals surface area contributed by atoms with E-state index in [-0.39, 0.29) is 6.04 Å². The highest BCUT2D eigenvalue weighted by Crippen LogP contribution is 2.36. The maximum Gasteiger partial charge on any atom is 0.337 e.